The van der Waals surface area contributed by atoms with Gasteiger partial charge in [-0.15, -0.1) is 0 Å². The van der Waals surface area contributed by atoms with E-state index >= 15 is 0 Å². The Bertz CT molecular complexity index is 540. The SMILES string of the molecule is Cc1nc(CNc2c(F)ccc(C)c2F)no1. The molecule has 0 saturated heterocycles. The van der Waals surface area contributed by atoms with Gasteiger partial charge in [0.05, 0.1) is 6.54 Å². The van der Waals surface area contributed by atoms with Gasteiger partial charge in [-0.2, -0.15) is 4.98 Å². The van der Waals surface area contributed by atoms with Crippen LogP contribution >= 0.6 is 0 Å². The largest absolute Gasteiger partial charge is 0.373 e. The summed E-state index contributed by atoms with van der Waals surface area (Å²) >= 11 is 0. The number of benzene rings is 1. The summed E-state index contributed by atoms with van der Waals surface area (Å²) in [4.78, 5) is 3.92. The third-order valence-electron chi connectivity index (χ3n) is 2.28. The molecule has 2 aromatic rings. The molecule has 0 radical (unpaired) electrons. The van der Waals surface area contributed by atoms with Crippen LogP contribution in [0.15, 0.2) is 16.7 Å². The molecule has 6 heteroatoms. The van der Waals surface area contributed by atoms with Crippen LogP contribution < -0.4 is 5.32 Å². The molecule has 0 aliphatic heterocycles. The number of aryl methyl sites for hydroxylation is 2. The summed E-state index contributed by atoms with van der Waals surface area (Å²) in [5.74, 6) is -0.492. The Balaban J connectivity index is 2.16. The highest BCUT2D eigenvalue weighted by molar-refractivity contribution is 5.48. The highest BCUT2D eigenvalue weighted by Crippen LogP contribution is 2.21. The van der Waals surface area contributed by atoms with Crippen molar-refractivity contribution < 1.29 is 13.3 Å². The number of nitrogens with zero attached hydrogens (tertiary/aromatic N) is 2. The number of hydrogen-bond acceptors (Lipinski definition) is 4. The fourth-order valence-corrected chi connectivity index (χ4v) is 1.40. The highest BCUT2D eigenvalue weighted by atomic mass is 19.1. The Morgan fingerprint density at radius 3 is 2.71 bits per heavy atom. The van der Waals surface area contributed by atoms with Gasteiger partial charge in [0.1, 0.15) is 11.5 Å². The maximum absolute atomic E-state index is 13.6. The quantitative estimate of drug-likeness (QED) is 0.894. The second-order valence-electron chi connectivity index (χ2n) is 3.64. The lowest BCUT2D eigenvalue weighted by atomic mass is 10.2. The molecule has 0 amide bonds. The number of halogens is 2. The minimum absolute atomic E-state index is 0.106. The average molecular weight is 239 g/mol. The van der Waals surface area contributed by atoms with E-state index in [0.29, 0.717) is 17.3 Å². The fourth-order valence-electron chi connectivity index (χ4n) is 1.40. The first-order valence-corrected chi connectivity index (χ1v) is 5.05. The van der Waals surface area contributed by atoms with Crippen LogP contribution in [0.25, 0.3) is 0 Å². The molecule has 4 nitrogen and oxygen atoms in total. The van der Waals surface area contributed by atoms with Crippen molar-refractivity contribution in [2.24, 2.45) is 0 Å². The Labute approximate surface area is 96.6 Å². The summed E-state index contributed by atoms with van der Waals surface area (Å²) in [6, 6.07) is 2.59. The van der Waals surface area contributed by atoms with E-state index in [4.69, 9.17) is 4.52 Å². The molecular weight excluding hydrogens is 228 g/mol. The normalized spacial score (nSPS) is 10.6. The molecular formula is C11H11F2N3O. The minimum atomic E-state index is -0.645. The molecule has 0 aliphatic carbocycles. The Morgan fingerprint density at radius 1 is 1.29 bits per heavy atom. The van der Waals surface area contributed by atoms with Gasteiger partial charge in [0, 0.05) is 6.92 Å². The number of hydrogen-bond donors (Lipinski definition) is 1. The van der Waals surface area contributed by atoms with Gasteiger partial charge in [-0.1, -0.05) is 11.2 Å². The molecule has 0 aliphatic rings. The summed E-state index contributed by atoms with van der Waals surface area (Å²) < 4.78 is 31.7. The average Bonchev–Trinajstić information content (AvgIpc) is 2.70. The molecule has 2 rings (SSSR count). The van der Waals surface area contributed by atoms with Crippen molar-refractivity contribution in [2.45, 2.75) is 20.4 Å². The van der Waals surface area contributed by atoms with Crippen LogP contribution in [0.2, 0.25) is 0 Å². The molecule has 1 aromatic heterocycles. The standard InChI is InChI=1S/C11H11F2N3O/c1-6-3-4-8(12)11(10(6)13)14-5-9-15-7(2)17-16-9/h3-4,14H,5H2,1-2H3. The lowest BCUT2D eigenvalue weighted by Crippen LogP contribution is -2.06. The van der Waals surface area contributed by atoms with Crippen molar-refractivity contribution in [3.63, 3.8) is 0 Å². The Kier molecular flexibility index (Phi) is 3.03. The van der Waals surface area contributed by atoms with Gasteiger partial charge in [-0.05, 0) is 18.6 Å². The van der Waals surface area contributed by atoms with Crippen LogP contribution in [0.3, 0.4) is 0 Å². The molecule has 0 spiro atoms. The molecule has 0 atom stereocenters. The number of aromatic nitrogens is 2. The monoisotopic (exact) mass is 239 g/mol. The smallest absolute Gasteiger partial charge is 0.223 e. The van der Waals surface area contributed by atoms with Gasteiger partial charge < -0.3 is 9.84 Å². The van der Waals surface area contributed by atoms with Crippen LogP contribution in [0.5, 0.6) is 0 Å². The van der Waals surface area contributed by atoms with Gasteiger partial charge in [-0.25, -0.2) is 8.78 Å². The van der Waals surface area contributed by atoms with E-state index in [1.807, 2.05) is 0 Å². The van der Waals surface area contributed by atoms with Crippen LogP contribution in [0.1, 0.15) is 17.3 Å². The molecule has 0 unspecified atom stereocenters. The number of rotatable bonds is 3. The maximum atomic E-state index is 13.6. The van der Waals surface area contributed by atoms with E-state index in [2.05, 4.69) is 15.5 Å². The number of anilines is 1. The van der Waals surface area contributed by atoms with Crippen molar-refractivity contribution >= 4 is 5.69 Å². The van der Waals surface area contributed by atoms with E-state index in [1.165, 1.54) is 12.1 Å². The summed E-state index contributed by atoms with van der Waals surface area (Å²) in [5.41, 5.74) is 0.200. The summed E-state index contributed by atoms with van der Waals surface area (Å²) in [5, 5.41) is 6.24. The van der Waals surface area contributed by atoms with E-state index in [9.17, 15) is 8.78 Å². The maximum Gasteiger partial charge on any atom is 0.223 e. The topological polar surface area (TPSA) is 51.0 Å². The molecule has 17 heavy (non-hydrogen) atoms. The second-order valence-corrected chi connectivity index (χ2v) is 3.64. The van der Waals surface area contributed by atoms with Crippen molar-refractivity contribution in [3.8, 4) is 0 Å². The number of nitrogens with one attached hydrogen (secondary N) is 1. The predicted octanol–water partition coefficient (Wildman–Crippen LogP) is 2.58. The van der Waals surface area contributed by atoms with E-state index in [1.54, 1.807) is 13.8 Å². The zero-order chi connectivity index (χ0) is 12.4. The van der Waals surface area contributed by atoms with Crippen LogP contribution in [-0.4, -0.2) is 10.1 Å². The van der Waals surface area contributed by atoms with E-state index in [-0.39, 0.29) is 12.2 Å². The second kappa shape index (κ2) is 4.48. The molecule has 1 heterocycles. The van der Waals surface area contributed by atoms with E-state index in [0.717, 1.165) is 0 Å². The first-order valence-electron chi connectivity index (χ1n) is 5.05. The molecule has 90 valence electrons. The van der Waals surface area contributed by atoms with Crippen LogP contribution in [-0.2, 0) is 6.54 Å². The van der Waals surface area contributed by atoms with E-state index < -0.39 is 11.6 Å². The predicted molar refractivity (Wildman–Crippen MR) is 57.5 cm³/mol. The van der Waals surface area contributed by atoms with Crippen molar-refractivity contribution in [2.75, 3.05) is 5.32 Å². The van der Waals surface area contributed by atoms with Crippen LogP contribution in [0.4, 0.5) is 14.5 Å². The van der Waals surface area contributed by atoms with Gasteiger partial charge in [0.15, 0.2) is 11.6 Å². The van der Waals surface area contributed by atoms with Crippen LogP contribution in [0, 0.1) is 25.5 Å². The third-order valence-corrected chi connectivity index (χ3v) is 2.28. The van der Waals surface area contributed by atoms with Gasteiger partial charge in [-0.3, -0.25) is 0 Å². The molecule has 0 saturated carbocycles. The molecule has 0 bridgehead atoms. The molecule has 1 aromatic carbocycles. The molecule has 1 N–H and O–H groups in total. The summed E-state index contributed by atoms with van der Waals surface area (Å²) in [7, 11) is 0. The lowest BCUT2D eigenvalue weighted by Gasteiger charge is -2.08. The van der Waals surface area contributed by atoms with Crippen molar-refractivity contribution in [3.05, 3.63) is 41.0 Å². The van der Waals surface area contributed by atoms with Gasteiger partial charge in [0.25, 0.3) is 0 Å². The van der Waals surface area contributed by atoms with Crippen molar-refractivity contribution in [1.82, 2.24) is 10.1 Å². The van der Waals surface area contributed by atoms with Gasteiger partial charge >= 0.3 is 0 Å². The van der Waals surface area contributed by atoms with Crippen molar-refractivity contribution in [1.29, 1.82) is 0 Å². The first kappa shape index (κ1) is 11.5. The minimum Gasteiger partial charge on any atom is -0.373 e. The fraction of sp³-hybridized carbons (Fsp3) is 0.273. The third kappa shape index (κ3) is 2.41. The van der Waals surface area contributed by atoms with Gasteiger partial charge in [0.2, 0.25) is 5.89 Å². The first-order chi connectivity index (χ1) is 8.08. The highest BCUT2D eigenvalue weighted by Gasteiger charge is 2.12. The zero-order valence-electron chi connectivity index (χ0n) is 9.42. The lowest BCUT2D eigenvalue weighted by molar-refractivity contribution is 0.388. The Morgan fingerprint density at radius 2 is 2.06 bits per heavy atom. The summed E-state index contributed by atoms with van der Waals surface area (Å²) in [6.45, 7) is 3.32. The summed E-state index contributed by atoms with van der Waals surface area (Å²) in [6.07, 6.45) is 0. The Hall–Kier alpha value is -1.98. The zero-order valence-corrected chi connectivity index (χ0v) is 9.42. The molecule has 0 fully saturated rings.